The molecule has 1 saturated heterocycles. The summed E-state index contributed by atoms with van der Waals surface area (Å²) >= 11 is 1.71. The van der Waals surface area contributed by atoms with Crippen LogP contribution >= 0.6 is 11.3 Å². The number of rotatable bonds is 5. The van der Waals surface area contributed by atoms with E-state index in [-0.39, 0.29) is 5.91 Å². The molecule has 0 aromatic carbocycles. The molecule has 1 N–H and O–H groups in total. The molecule has 23 heavy (non-hydrogen) atoms. The van der Waals surface area contributed by atoms with E-state index in [1.165, 1.54) is 57.1 Å². The van der Waals surface area contributed by atoms with Gasteiger partial charge in [0.2, 0.25) is 5.91 Å². The molecule has 0 bridgehead atoms. The quantitative estimate of drug-likeness (QED) is 0.826. The Balaban J connectivity index is 1.43. The van der Waals surface area contributed by atoms with E-state index in [0.29, 0.717) is 12.5 Å². The zero-order valence-corrected chi connectivity index (χ0v) is 15.0. The van der Waals surface area contributed by atoms with Gasteiger partial charge in [-0.25, -0.2) is 0 Å². The Morgan fingerprint density at radius 3 is 2.74 bits per heavy atom. The minimum atomic E-state index is 0.226. The summed E-state index contributed by atoms with van der Waals surface area (Å²) in [5, 5.41) is 7.51. The van der Waals surface area contributed by atoms with Gasteiger partial charge in [-0.2, -0.15) is 11.3 Å². The Kier molecular flexibility index (Phi) is 6.52. The number of amides is 1. The van der Waals surface area contributed by atoms with Crippen LogP contribution in [0.5, 0.6) is 0 Å². The van der Waals surface area contributed by atoms with Crippen molar-refractivity contribution in [2.24, 2.45) is 0 Å². The predicted octanol–water partition coefficient (Wildman–Crippen LogP) is 3.98. The maximum Gasteiger partial charge on any atom is 0.220 e. The molecule has 1 atom stereocenters. The van der Waals surface area contributed by atoms with Crippen molar-refractivity contribution in [1.29, 1.82) is 0 Å². The monoisotopic (exact) mass is 334 g/mol. The number of piperidine rings is 1. The van der Waals surface area contributed by atoms with E-state index in [1.807, 2.05) is 0 Å². The van der Waals surface area contributed by atoms with Crippen molar-refractivity contribution in [3.05, 3.63) is 22.4 Å². The Labute approximate surface area is 144 Å². The topological polar surface area (TPSA) is 32.3 Å². The number of aryl methyl sites for hydroxylation is 1. The first-order chi connectivity index (χ1) is 11.3. The zero-order chi connectivity index (χ0) is 15.9. The average molecular weight is 335 g/mol. The fourth-order valence-electron chi connectivity index (χ4n) is 4.07. The Morgan fingerprint density at radius 1 is 1.17 bits per heavy atom. The van der Waals surface area contributed by atoms with Gasteiger partial charge in [-0.3, -0.25) is 9.69 Å². The van der Waals surface area contributed by atoms with Crippen LogP contribution in [0.2, 0.25) is 0 Å². The van der Waals surface area contributed by atoms with Crippen LogP contribution in [0.15, 0.2) is 16.8 Å². The number of hydrogen-bond donors (Lipinski definition) is 1. The maximum absolute atomic E-state index is 12.2. The molecular weight excluding hydrogens is 304 g/mol. The predicted molar refractivity (Wildman–Crippen MR) is 96.9 cm³/mol. The molecule has 0 radical (unpaired) electrons. The van der Waals surface area contributed by atoms with Crippen molar-refractivity contribution >= 4 is 17.2 Å². The van der Waals surface area contributed by atoms with Crippen molar-refractivity contribution in [3.8, 4) is 0 Å². The summed E-state index contributed by atoms with van der Waals surface area (Å²) in [6.07, 6.45) is 12.2. The molecule has 1 unspecified atom stereocenters. The van der Waals surface area contributed by atoms with Crippen LogP contribution in [0.4, 0.5) is 0 Å². The van der Waals surface area contributed by atoms with Crippen LogP contribution in [0.25, 0.3) is 0 Å². The molecule has 2 fully saturated rings. The molecule has 1 aliphatic heterocycles. The van der Waals surface area contributed by atoms with Gasteiger partial charge < -0.3 is 5.32 Å². The molecule has 2 aliphatic rings. The van der Waals surface area contributed by atoms with Gasteiger partial charge >= 0.3 is 0 Å². The van der Waals surface area contributed by atoms with Gasteiger partial charge in [0.25, 0.3) is 0 Å². The number of nitrogens with one attached hydrogen (secondary N) is 1. The van der Waals surface area contributed by atoms with Crippen molar-refractivity contribution in [1.82, 2.24) is 10.2 Å². The smallest absolute Gasteiger partial charge is 0.220 e. The highest BCUT2D eigenvalue weighted by Gasteiger charge is 2.27. The van der Waals surface area contributed by atoms with E-state index in [1.54, 1.807) is 11.3 Å². The third kappa shape index (κ3) is 5.32. The van der Waals surface area contributed by atoms with Crippen LogP contribution in [0.3, 0.4) is 0 Å². The van der Waals surface area contributed by atoms with Gasteiger partial charge in [0, 0.05) is 25.0 Å². The van der Waals surface area contributed by atoms with Crippen molar-refractivity contribution in [3.63, 3.8) is 0 Å². The summed E-state index contributed by atoms with van der Waals surface area (Å²) in [6, 6.07) is 3.25. The van der Waals surface area contributed by atoms with E-state index >= 15 is 0 Å². The lowest BCUT2D eigenvalue weighted by Gasteiger charge is -2.38. The average Bonchev–Trinajstić information content (AvgIpc) is 2.93. The number of likely N-dealkylation sites (tertiary alicyclic amines) is 1. The second kappa shape index (κ2) is 8.84. The minimum absolute atomic E-state index is 0.226. The number of carbonyl (C=O) groups excluding carboxylic acids is 1. The molecule has 1 amide bonds. The van der Waals surface area contributed by atoms with Gasteiger partial charge in [0.15, 0.2) is 0 Å². The van der Waals surface area contributed by atoms with Crippen LogP contribution in [0.1, 0.15) is 63.4 Å². The van der Waals surface area contributed by atoms with Gasteiger partial charge in [-0.05, 0) is 61.0 Å². The second-order valence-corrected chi connectivity index (χ2v) is 7.96. The largest absolute Gasteiger partial charge is 0.352 e. The molecule has 1 aromatic heterocycles. The van der Waals surface area contributed by atoms with E-state index in [0.717, 1.165) is 25.4 Å². The highest BCUT2D eigenvalue weighted by atomic mass is 32.1. The maximum atomic E-state index is 12.2. The van der Waals surface area contributed by atoms with Crippen LogP contribution < -0.4 is 5.32 Å². The lowest BCUT2D eigenvalue weighted by atomic mass is 9.99. The summed E-state index contributed by atoms with van der Waals surface area (Å²) in [6.45, 7) is 2.29. The zero-order valence-electron chi connectivity index (χ0n) is 14.1. The van der Waals surface area contributed by atoms with Crippen molar-refractivity contribution < 1.29 is 4.79 Å². The summed E-state index contributed by atoms with van der Waals surface area (Å²) in [7, 11) is 0. The molecule has 0 spiro atoms. The summed E-state index contributed by atoms with van der Waals surface area (Å²) in [4.78, 5) is 14.9. The first-order valence-electron chi connectivity index (χ1n) is 9.36. The van der Waals surface area contributed by atoms with Gasteiger partial charge in [-0.15, -0.1) is 0 Å². The van der Waals surface area contributed by atoms with E-state index in [9.17, 15) is 4.79 Å². The SMILES string of the molecule is O=C(CCc1ccsc1)NC1CCCN(C2CCCCCC2)C1. The van der Waals surface area contributed by atoms with Gasteiger partial charge in [0.05, 0.1) is 0 Å². The highest BCUT2D eigenvalue weighted by molar-refractivity contribution is 7.07. The summed E-state index contributed by atoms with van der Waals surface area (Å²) in [5.74, 6) is 0.226. The Hall–Kier alpha value is -0.870. The van der Waals surface area contributed by atoms with Gasteiger partial charge in [0.1, 0.15) is 0 Å². The normalized spacial score (nSPS) is 24.3. The van der Waals surface area contributed by atoms with E-state index in [2.05, 4.69) is 27.0 Å². The van der Waals surface area contributed by atoms with E-state index in [4.69, 9.17) is 0 Å². The first kappa shape index (κ1) is 17.0. The van der Waals surface area contributed by atoms with Crippen LogP contribution in [0, 0.1) is 0 Å². The summed E-state index contributed by atoms with van der Waals surface area (Å²) < 4.78 is 0. The first-order valence-corrected chi connectivity index (χ1v) is 10.3. The third-order valence-electron chi connectivity index (χ3n) is 5.38. The number of nitrogens with zero attached hydrogens (tertiary/aromatic N) is 1. The van der Waals surface area contributed by atoms with Gasteiger partial charge in [-0.1, -0.05) is 25.7 Å². The number of hydrogen-bond acceptors (Lipinski definition) is 3. The van der Waals surface area contributed by atoms with E-state index < -0.39 is 0 Å². The lowest BCUT2D eigenvalue weighted by Crippen LogP contribution is -2.50. The Morgan fingerprint density at radius 2 is 2.00 bits per heavy atom. The fourth-order valence-corrected chi connectivity index (χ4v) is 4.77. The minimum Gasteiger partial charge on any atom is -0.352 e. The number of thiophene rings is 1. The second-order valence-electron chi connectivity index (χ2n) is 7.18. The molecule has 3 rings (SSSR count). The highest BCUT2D eigenvalue weighted by Crippen LogP contribution is 2.24. The Bertz CT molecular complexity index is 466. The molecule has 2 heterocycles. The molecule has 1 aromatic rings. The molecule has 4 heteroatoms. The molecule has 128 valence electrons. The van der Waals surface area contributed by atoms with Crippen molar-refractivity contribution in [2.45, 2.75) is 76.3 Å². The molecular formula is C19H30N2OS. The van der Waals surface area contributed by atoms with Crippen LogP contribution in [-0.4, -0.2) is 36.0 Å². The fraction of sp³-hybridized carbons (Fsp3) is 0.737. The standard InChI is InChI=1S/C19H30N2OS/c22-19(10-9-16-11-13-23-15-16)20-17-6-5-12-21(14-17)18-7-3-1-2-4-8-18/h11,13,15,17-18H,1-10,12,14H2,(H,20,22). The number of carbonyl (C=O) groups is 1. The third-order valence-corrected chi connectivity index (χ3v) is 6.11. The molecule has 1 aliphatic carbocycles. The lowest BCUT2D eigenvalue weighted by molar-refractivity contribution is -0.122. The van der Waals surface area contributed by atoms with Crippen molar-refractivity contribution in [2.75, 3.05) is 13.1 Å². The molecule has 1 saturated carbocycles. The summed E-state index contributed by atoms with van der Waals surface area (Å²) in [5.41, 5.74) is 1.29. The molecule has 3 nitrogen and oxygen atoms in total. The van der Waals surface area contributed by atoms with Crippen LogP contribution in [-0.2, 0) is 11.2 Å².